The normalized spacial score (nSPS) is 14.4. The molecule has 7 heteroatoms. The molecule has 0 saturated heterocycles. The van der Waals surface area contributed by atoms with Gasteiger partial charge in [0.1, 0.15) is 5.75 Å². The van der Waals surface area contributed by atoms with E-state index in [1.165, 1.54) is 0 Å². The number of rotatable bonds is 1. The number of H-pyrrole nitrogens is 1. The fourth-order valence-electron chi connectivity index (χ4n) is 2.32. The Morgan fingerprint density at radius 3 is 2.86 bits per heavy atom. The molecule has 0 amide bonds. The van der Waals surface area contributed by atoms with Crippen molar-refractivity contribution in [3.05, 3.63) is 46.0 Å². The predicted octanol–water partition coefficient (Wildman–Crippen LogP) is 2.78. The second-order valence-electron chi connectivity index (χ2n) is 4.72. The van der Waals surface area contributed by atoms with E-state index in [2.05, 4.69) is 4.98 Å². The molecule has 1 aromatic heterocycles. The Balaban J connectivity index is 2.17. The minimum Gasteiger partial charge on any atom is -0.493 e. The molecule has 0 bridgehead atoms. The zero-order valence-electron chi connectivity index (χ0n) is 10.8. The summed E-state index contributed by atoms with van der Waals surface area (Å²) in [4.78, 5) is 16.7. The van der Waals surface area contributed by atoms with E-state index in [0.717, 1.165) is 24.5 Å². The van der Waals surface area contributed by atoms with Gasteiger partial charge in [-0.1, -0.05) is 12.1 Å². The Labute approximate surface area is 117 Å². The van der Waals surface area contributed by atoms with E-state index < -0.39 is 17.6 Å². The highest BCUT2D eigenvalue weighted by molar-refractivity contribution is 5.69. The number of nitrogens with zero attached hydrogens (tertiary/aromatic N) is 1. The van der Waals surface area contributed by atoms with Crippen molar-refractivity contribution in [3.8, 4) is 17.0 Å². The number of alkyl halides is 3. The van der Waals surface area contributed by atoms with Crippen molar-refractivity contribution in [1.29, 1.82) is 0 Å². The van der Waals surface area contributed by atoms with Crippen molar-refractivity contribution in [1.82, 2.24) is 9.97 Å². The van der Waals surface area contributed by atoms with Gasteiger partial charge in [-0.2, -0.15) is 13.2 Å². The maximum Gasteiger partial charge on any atom is 0.449 e. The number of halogens is 3. The van der Waals surface area contributed by atoms with Crippen LogP contribution in [0.2, 0.25) is 0 Å². The Kier molecular flexibility index (Phi) is 3.19. The smallest absolute Gasteiger partial charge is 0.449 e. The quantitative estimate of drug-likeness (QED) is 0.880. The minimum atomic E-state index is -4.70. The van der Waals surface area contributed by atoms with E-state index in [-0.39, 0.29) is 5.69 Å². The van der Waals surface area contributed by atoms with E-state index in [0.29, 0.717) is 17.9 Å². The summed E-state index contributed by atoms with van der Waals surface area (Å²) in [6.45, 7) is 0.499. The fourth-order valence-corrected chi connectivity index (χ4v) is 2.32. The van der Waals surface area contributed by atoms with Crippen molar-refractivity contribution >= 4 is 0 Å². The summed E-state index contributed by atoms with van der Waals surface area (Å²) in [5.74, 6) is -0.798. The average Bonchev–Trinajstić information content (AvgIpc) is 2.45. The molecule has 0 atom stereocenters. The molecule has 0 spiro atoms. The van der Waals surface area contributed by atoms with E-state index >= 15 is 0 Å². The molecular weight excluding hydrogens is 285 g/mol. The SMILES string of the molecule is O=c1cc(-c2cccc3c2OCCC3)nc(C(F)(F)F)[nH]1. The number of benzene rings is 1. The Morgan fingerprint density at radius 2 is 2.10 bits per heavy atom. The number of fused-ring (bicyclic) bond motifs is 1. The van der Waals surface area contributed by atoms with Crippen molar-refractivity contribution in [3.63, 3.8) is 0 Å². The molecule has 1 aliphatic heterocycles. The first-order chi connectivity index (χ1) is 9.95. The van der Waals surface area contributed by atoms with Crippen molar-refractivity contribution in [2.45, 2.75) is 19.0 Å². The highest BCUT2D eigenvalue weighted by Crippen LogP contribution is 2.35. The van der Waals surface area contributed by atoms with Crippen molar-refractivity contribution in [2.75, 3.05) is 6.61 Å². The number of aromatic nitrogens is 2. The highest BCUT2D eigenvalue weighted by atomic mass is 19.4. The lowest BCUT2D eigenvalue weighted by molar-refractivity contribution is -0.145. The van der Waals surface area contributed by atoms with Gasteiger partial charge in [0.25, 0.3) is 5.56 Å². The summed E-state index contributed by atoms with van der Waals surface area (Å²) in [6, 6.07) is 6.23. The van der Waals surface area contributed by atoms with Gasteiger partial charge in [-0.3, -0.25) is 4.79 Å². The van der Waals surface area contributed by atoms with Crippen LogP contribution in [0.5, 0.6) is 5.75 Å². The second kappa shape index (κ2) is 4.91. The first-order valence-electron chi connectivity index (χ1n) is 6.39. The van der Waals surface area contributed by atoms with Crippen LogP contribution in [-0.2, 0) is 12.6 Å². The maximum absolute atomic E-state index is 12.7. The molecule has 0 saturated carbocycles. The van der Waals surface area contributed by atoms with E-state index in [9.17, 15) is 18.0 Å². The molecule has 2 heterocycles. The first-order valence-corrected chi connectivity index (χ1v) is 6.39. The topological polar surface area (TPSA) is 55.0 Å². The maximum atomic E-state index is 12.7. The lowest BCUT2D eigenvalue weighted by Gasteiger charge is -2.20. The third kappa shape index (κ3) is 2.63. The van der Waals surface area contributed by atoms with Gasteiger partial charge in [0.05, 0.1) is 12.3 Å². The third-order valence-corrected chi connectivity index (χ3v) is 3.22. The fraction of sp³-hybridized carbons (Fsp3) is 0.286. The summed E-state index contributed by atoms with van der Waals surface area (Å²) < 4.78 is 43.8. The van der Waals surface area contributed by atoms with Gasteiger partial charge in [-0.15, -0.1) is 0 Å². The van der Waals surface area contributed by atoms with Crippen LogP contribution in [0, 0.1) is 0 Å². The van der Waals surface area contributed by atoms with Crippen LogP contribution in [0.25, 0.3) is 11.3 Å². The lowest BCUT2D eigenvalue weighted by atomic mass is 10.0. The van der Waals surface area contributed by atoms with Crippen LogP contribution in [0.1, 0.15) is 17.8 Å². The van der Waals surface area contributed by atoms with E-state index in [1.807, 2.05) is 6.07 Å². The predicted molar refractivity (Wildman–Crippen MR) is 69.1 cm³/mol. The summed E-state index contributed by atoms with van der Waals surface area (Å²) in [5, 5.41) is 0. The molecule has 1 aromatic carbocycles. The third-order valence-electron chi connectivity index (χ3n) is 3.22. The molecule has 110 valence electrons. The molecule has 4 nitrogen and oxygen atoms in total. The summed E-state index contributed by atoms with van der Waals surface area (Å²) >= 11 is 0. The van der Waals surface area contributed by atoms with Crippen LogP contribution < -0.4 is 10.3 Å². The van der Waals surface area contributed by atoms with Gasteiger partial charge in [0.2, 0.25) is 5.82 Å². The molecule has 3 rings (SSSR count). The van der Waals surface area contributed by atoms with E-state index in [1.54, 1.807) is 17.1 Å². The minimum absolute atomic E-state index is 0.0372. The van der Waals surface area contributed by atoms with Crippen LogP contribution in [0.4, 0.5) is 13.2 Å². The van der Waals surface area contributed by atoms with Gasteiger partial charge in [0, 0.05) is 11.6 Å². The molecule has 0 aliphatic carbocycles. The molecule has 1 aliphatic rings. The van der Waals surface area contributed by atoms with Gasteiger partial charge in [-0.25, -0.2) is 4.98 Å². The number of para-hydroxylation sites is 1. The molecule has 2 aromatic rings. The standard InChI is InChI=1S/C14H11F3N2O2/c15-14(16,17)13-18-10(7-11(20)19-13)9-5-1-3-8-4-2-6-21-12(8)9/h1,3,5,7H,2,4,6H2,(H,18,19,20). The Morgan fingerprint density at radius 1 is 1.29 bits per heavy atom. The number of nitrogens with one attached hydrogen (secondary N) is 1. The van der Waals surface area contributed by atoms with Gasteiger partial charge >= 0.3 is 6.18 Å². The number of aryl methyl sites for hydroxylation is 1. The van der Waals surface area contributed by atoms with Gasteiger partial charge in [0.15, 0.2) is 0 Å². The zero-order valence-corrected chi connectivity index (χ0v) is 10.8. The van der Waals surface area contributed by atoms with E-state index in [4.69, 9.17) is 4.74 Å². The van der Waals surface area contributed by atoms with Crippen LogP contribution in [-0.4, -0.2) is 16.6 Å². The Bertz CT molecular complexity index is 738. The lowest BCUT2D eigenvalue weighted by Crippen LogP contribution is -2.19. The largest absolute Gasteiger partial charge is 0.493 e. The number of hydrogen-bond donors (Lipinski definition) is 1. The molecule has 0 fully saturated rings. The number of ether oxygens (including phenoxy) is 1. The molecule has 21 heavy (non-hydrogen) atoms. The monoisotopic (exact) mass is 296 g/mol. The van der Waals surface area contributed by atoms with Crippen LogP contribution in [0.15, 0.2) is 29.1 Å². The highest BCUT2D eigenvalue weighted by Gasteiger charge is 2.34. The number of aromatic amines is 1. The average molecular weight is 296 g/mol. The van der Waals surface area contributed by atoms with Crippen molar-refractivity contribution in [2.24, 2.45) is 0 Å². The van der Waals surface area contributed by atoms with Gasteiger partial charge in [-0.05, 0) is 24.5 Å². The molecule has 0 unspecified atom stereocenters. The van der Waals surface area contributed by atoms with Crippen molar-refractivity contribution < 1.29 is 17.9 Å². The summed E-state index contributed by atoms with van der Waals surface area (Å²) in [7, 11) is 0. The van der Waals surface area contributed by atoms with Gasteiger partial charge < -0.3 is 9.72 Å². The van der Waals surface area contributed by atoms with Crippen LogP contribution >= 0.6 is 0 Å². The summed E-state index contributed by atoms with van der Waals surface area (Å²) in [5.41, 5.74) is 0.434. The summed E-state index contributed by atoms with van der Waals surface area (Å²) in [6.07, 6.45) is -3.06. The second-order valence-corrected chi connectivity index (χ2v) is 4.72. The molecular formula is C14H11F3N2O2. The Hall–Kier alpha value is -2.31. The number of hydrogen-bond acceptors (Lipinski definition) is 3. The first kappa shape index (κ1) is 13.7. The molecule has 1 N–H and O–H groups in total. The zero-order chi connectivity index (χ0) is 15.0. The molecule has 0 radical (unpaired) electrons. The van der Waals surface area contributed by atoms with Crippen LogP contribution in [0.3, 0.4) is 0 Å².